The summed E-state index contributed by atoms with van der Waals surface area (Å²) in [6.45, 7) is 8.16. The first kappa shape index (κ1) is 20.8. The molecule has 2 aromatic carbocycles. The summed E-state index contributed by atoms with van der Waals surface area (Å²) in [5, 5.41) is 7.36. The third-order valence-corrected chi connectivity index (χ3v) is 4.94. The van der Waals surface area contributed by atoms with Gasteiger partial charge in [0.15, 0.2) is 5.82 Å². The van der Waals surface area contributed by atoms with Gasteiger partial charge in [0.05, 0.1) is 11.3 Å². The van der Waals surface area contributed by atoms with E-state index in [2.05, 4.69) is 41.2 Å². The summed E-state index contributed by atoms with van der Waals surface area (Å²) >= 11 is 0. The van der Waals surface area contributed by atoms with Crippen LogP contribution in [-0.4, -0.2) is 19.6 Å². The lowest BCUT2D eigenvalue weighted by Crippen LogP contribution is -2.10. The molecule has 2 aromatic heterocycles. The van der Waals surface area contributed by atoms with Crippen molar-refractivity contribution in [1.29, 1.82) is 0 Å². The molecule has 0 spiro atoms. The van der Waals surface area contributed by atoms with E-state index in [9.17, 15) is 13.2 Å². The predicted molar refractivity (Wildman–Crippen MR) is 114 cm³/mol. The number of aryl methyl sites for hydroxylation is 1. The second kappa shape index (κ2) is 7.37. The molecule has 8 heteroatoms. The van der Waals surface area contributed by atoms with Gasteiger partial charge in [0.2, 0.25) is 0 Å². The summed E-state index contributed by atoms with van der Waals surface area (Å²) in [5.74, 6) is 1.11. The third kappa shape index (κ3) is 4.23. The molecule has 0 fully saturated rings. The van der Waals surface area contributed by atoms with Gasteiger partial charge in [0.1, 0.15) is 5.82 Å². The Morgan fingerprint density at radius 1 is 0.903 bits per heavy atom. The van der Waals surface area contributed by atoms with Crippen LogP contribution in [0.5, 0.6) is 0 Å². The van der Waals surface area contributed by atoms with Gasteiger partial charge in [-0.05, 0) is 30.0 Å². The van der Waals surface area contributed by atoms with Crippen LogP contribution in [-0.2, 0) is 11.6 Å². The number of benzene rings is 2. The van der Waals surface area contributed by atoms with Crippen molar-refractivity contribution in [3.63, 3.8) is 0 Å². The minimum absolute atomic E-state index is 0.0203. The molecule has 4 rings (SSSR count). The number of fused-ring (bicyclic) bond motifs is 1. The lowest BCUT2D eigenvalue weighted by molar-refractivity contribution is -0.136. The molecule has 0 amide bonds. The zero-order valence-electron chi connectivity index (χ0n) is 17.6. The summed E-state index contributed by atoms with van der Waals surface area (Å²) in [7, 11) is 0. The number of halogens is 3. The smallest absolute Gasteiger partial charge is 0.340 e. The average Bonchev–Trinajstić information content (AvgIpc) is 3.11. The Bertz CT molecular complexity index is 1240. The van der Waals surface area contributed by atoms with Crippen molar-refractivity contribution >= 4 is 17.3 Å². The van der Waals surface area contributed by atoms with Gasteiger partial charge in [0, 0.05) is 17.3 Å². The Morgan fingerprint density at radius 2 is 1.58 bits per heavy atom. The minimum Gasteiger partial charge on any atom is -0.340 e. The topological polar surface area (TPSA) is 55.1 Å². The van der Waals surface area contributed by atoms with Crippen LogP contribution in [0.2, 0.25) is 0 Å². The first-order valence-electron chi connectivity index (χ1n) is 9.81. The molecule has 0 saturated carbocycles. The van der Waals surface area contributed by atoms with Crippen molar-refractivity contribution in [2.75, 3.05) is 5.32 Å². The average molecular weight is 425 g/mol. The molecule has 0 saturated heterocycles. The van der Waals surface area contributed by atoms with E-state index < -0.39 is 11.7 Å². The van der Waals surface area contributed by atoms with E-state index in [1.165, 1.54) is 22.2 Å². The number of aromatic nitrogens is 4. The highest BCUT2D eigenvalue weighted by Gasteiger charge is 2.33. The largest absolute Gasteiger partial charge is 0.418 e. The molecular formula is C23H22F3N5. The Hall–Kier alpha value is -3.42. The summed E-state index contributed by atoms with van der Waals surface area (Å²) < 4.78 is 41.6. The lowest BCUT2D eigenvalue weighted by Gasteiger charge is -2.18. The third-order valence-electron chi connectivity index (χ3n) is 4.94. The molecule has 0 radical (unpaired) electrons. The Balaban J connectivity index is 1.76. The molecule has 31 heavy (non-hydrogen) atoms. The van der Waals surface area contributed by atoms with Crippen molar-refractivity contribution in [3.8, 4) is 11.4 Å². The van der Waals surface area contributed by atoms with E-state index in [0.717, 1.165) is 11.6 Å². The van der Waals surface area contributed by atoms with Crippen LogP contribution in [0.4, 0.5) is 24.7 Å². The number of hydrogen-bond donors (Lipinski definition) is 1. The van der Waals surface area contributed by atoms with E-state index in [1.807, 2.05) is 24.3 Å². The van der Waals surface area contributed by atoms with E-state index in [-0.39, 0.29) is 11.1 Å². The summed E-state index contributed by atoms with van der Waals surface area (Å²) in [4.78, 5) is 8.87. The number of nitrogens with one attached hydrogen (secondary N) is 1. The Morgan fingerprint density at radius 3 is 2.23 bits per heavy atom. The van der Waals surface area contributed by atoms with Gasteiger partial charge in [-0.2, -0.15) is 22.7 Å². The summed E-state index contributed by atoms with van der Waals surface area (Å²) in [5.41, 5.74) is 1.80. The van der Waals surface area contributed by atoms with Crippen LogP contribution in [0.25, 0.3) is 17.2 Å². The van der Waals surface area contributed by atoms with Crippen LogP contribution < -0.4 is 5.32 Å². The number of anilines is 2. The molecule has 5 nitrogen and oxygen atoms in total. The number of para-hydroxylation sites is 1. The minimum atomic E-state index is -4.48. The SMILES string of the molecule is Cc1cc(Nc2ccccc2C(F)(F)F)n2nc(-c3ccc(C(C)(C)C)cc3)nc2n1. The van der Waals surface area contributed by atoms with Crippen molar-refractivity contribution in [3.05, 3.63) is 71.4 Å². The van der Waals surface area contributed by atoms with Crippen LogP contribution in [0.3, 0.4) is 0 Å². The molecule has 0 aliphatic carbocycles. The molecule has 0 bridgehead atoms. The molecule has 4 aromatic rings. The van der Waals surface area contributed by atoms with E-state index in [0.29, 0.717) is 23.1 Å². The van der Waals surface area contributed by atoms with Crippen molar-refractivity contribution in [2.45, 2.75) is 39.3 Å². The second-order valence-electron chi connectivity index (χ2n) is 8.43. The highest BCUT2D eigenvalue weighted by molar-refractivity contribution is 5.65. The summed E-state index contributed by atoms with van der Waals surface area (Å²) in [6.07, 6.45) is -4.48. The van der Waals surface area contributed by atoms with Crippen molar-refractivity contribution < 1.29 is 13.2 Å². The van der Waals surface area contributed by atoms with Gasteiger partial charge in [-0.15, -0.1) is 5.10 Å². The van der Waals surface area contributed by atoms with Gasteiger partial charge >= 0.3 is 6.18 Å². The molecule has 0 aliphatic heterocycles. The first-order valence-corrected chi connectivity index (χ1v) is 9.81. The quantitative estimate of drug-likeness (QED) is 0.427. The predicted octanol–water partition coefficient (Wildman–Crippen LogP) is 6.16. The van der Waals surface area contributed by atoms with Gasteiger partial charge in [0.25, 0.3) is 5.78 Å². The monoisotopic (exact) mass is 425 g/mol. The van der Waals surface area contributed by atoms with Crippen LogP contribution in [0.1, 0.15) is 37.6 Å². The fourth-order valence-electron chi connectivity index (χ4n) is 3.29. The lowest BCUT2D eigenvalue weighted by atomic mass is 9.87. The van der Waals surface area contributed by atoms with Crippen LogP contribution >= 0.6 is 0 Å². The molecule has 0 unspecified atom stereocenters. The van der Waals surface area contributed by atoms with Gasteiger partial charge in [-0.25, -0.2) is 4.98 Å². The van der Waals surface area contributed by atoms with E-state index in [4.69, 9.17) is 0 Å². The zero-order chi connectivity index (χ0) is 22.4. The normalized spacial score (nSPS) is 12.4. The number of hydrogen-bond acceptors (Lipinski definition) is 4. The zero-order valence-corrected chi connectivity index (χ0v) is 17.6. The fraction of sp³-hybridized carbons (Fsp3) is 0.261. The highest BCUT2D eigenvalue weighted by Crippen LogP contribution is 2.36. The fourth-order valence-corrected chi connectivity index (χ4v) is 3.29. The van der Waals surface area contributed by atoms with E-state index in [1.54, 1.807) is 19.1 Å². The van der Waals surface area contributed by atoms with Crippen LogP contribution in [0.15, 0.2) is 54.6 Å². The maximum atomic E-state index is 13.4. The maximum absolute atomic E-state index is 13.4. The van der Waals surface area contributed by atoms with Gasteiger partial charge in [-0.1, -0.05) is 57.2 Å². The molecule has 0 aliphatic rings. The maximum Gasteiger partial charge on any atom is 0.418 e. The van der Waals surface area contributed by atoms with Crippen molar-refractivity contribution in [2.24, 2.45) is 0 Å². The Kier molecular flexibility index (Phi) is 4.95. The first-order chi connectivity index (χ1) is 14.5. The standard InChI is InChI=1S/C23H22F3N5/c1-14-13-19(28-18-8-6-5-7-17(18)23(24,25)26)31-21(27-14)29-20(30-31)15-9-11-16(12-10-15)22(2,3)4/h5-13,28H,1-4H3. The Labute approximate surface area is 178 Å². The van der Waals surface area contributed by atoms with Gasteiger partial charge in [-0.3, -0.25) is 0 Å². The number of rotatable bonds is 3. The van der Waals surface area contributed by atoms with E-state index >= 15 is 0 Å². The number of alkyl halides is 3. The molecule has 2 heterocycles. The van der Waals surface area contributed by atoms with Crippen molar-refractivity contribution in [1.82, 2.24) is 19.6 Å². The van der Waals surface area contributed by atoms with Gasteiger partial charge < -0.3 is 5.32 Å². The highest BCUT2D eigenvalue weighted by atomic mass is 19.4. The molecule has 160 valence electrons. The second-order valence-corrected chi connectivity index (χ2v) is 8.43. The molecular weight excluding hydrogens is 403 g/mol. The molecule has 0 atom stereocenters. The van der Waals surface area contributed by atoms with Crippen LogP contribution in [0, 0.1) is 6.92 Å². The molecule has 1 N–H and O–H groups in total. The number of nitrogens with zero attached hydrogens (tertiary/aromatic N) is 4. The summed E-state index contributed by atoms with van der Waals surface area (Å²) in [6, 6.07) is 14.9.